The summed E-state index contributed by atoms with van der Waals surface area (Å²) < 4.78 is 53.4. The van der Waals surface area contributed by atoms with Gasteiger partial charge in [-0.2, -0.15) is 13.2 Å². The number of fused-ring (bicyclic) bond motifs is 1. The standard InChI is InChI=1S/C27H24F4N4O2/c1-3-4-14-35-25(37)22-16-34(24(36)19-7-11-21(28)12-8-19)15-13-23(22)33-26(35)32-17(2)18-5-9-20(10-6-18)27(29,30)31/h5-12,17H,13-16H2,1-2H3,(H,32,33)/t17-/m0/s1. The van der Waals surface area contributed by atoms with Gasteiger partial charge in [-0.3, -0.25) is 14.2 Å². The van der Waals surface area contributed by atoms with Crippen LogP contribution < -0.4 is 10.9 Å². The predicted octanol–water partition coefficient (Wildman–Crippen LogP) is 4.80. The molecular weight excluding hydrogens is 488 g/mol. The third kappa shape index (κ3) is 5.66. The Morgan fingerprint density at radius 2 is 1.81 bits per heavy atom. The second kappa shape index (κ2) is 10.5. The first-order valence-electron chi connectivity index (χ1n) is 11.6. The smallest absolute Gasteiger partial charge is 0.349 e. The van der Waals surface area contributed by atoms with E-state index in [1.807, 2.05) is 0 Å². The first-order chi connectivity index (χ1) is 17.6. The van der Waals surface area contributed by atoms with Gasteiger partial charge in [0.1, 0.15) is 5.82 Å². The molecule has 1 aliphatic heterocycles. The Kier molecular flexibility index (Phi) is 7.34. The summed E-state index contributed by atoms with van der Waals surface area (Å²) >= 11 is 0. The first-order valence-corrected chi connectivity index (χ1v) is 11.6. The molecule has 0 unspecified atom stereocenters. The van der Waals surface area contributed by atoms with Crippen molar-refractivity contribution >= 4 is 11.9 Å². The van der Waals surface area contributed by atoms with Gasteiger partial charge < -0.3 is 10.2 Å². The molecule has 2 aromatic carbocycles. The molecule has 3 aromatic rings. The van der Waals surface area contributed by atoms with Crippen LogP contribution in [0.3, 0.4) is 0 Å². The van der Waals surface area contributed by atoms with E-state index in [9.17, 15) is 27.2 Å². The minimum Gasteiger partial charge on any atom is -0.349 e. The predicted molar refractivity (Wildman–Crippen MR) is 130 cm³/mol. The molecule has 0 fully saturated rings. The number of hydrogen-bond acceptors (Lipinski definition) is 4. The van der Waals surface area contributed by atoms with Gasteiger partial charge in [-0.05, 0) is 55.8 Å². The van der Waals surface area contributed by atoms with Gasteiger partial charge in [0.2, 0.25) is 5.95 Å². The molecular formula is C27H24F4N4O2. The Hall–Kier alpha value is -4.13. The first kappa shape index (κ1) is 25.9. The van der Waals surface area contributed by atoms with E-state index in [2.05, 4.69) is 22.1 Å². The van der Waals surface area contributed by atoms with Gasteiger partial charge in [0, 0.05) is 18.5 Å². The van der Waals surface area contributed by atoms with Crippen molar-refractivity contribution in [2.24, 2.45) is 0 Å². The van der Waals surface area contributed by atoms with Crippen LogP contribution >= 0.6 is 0 Å². The maximum absolute atomic E-state index is 13.5. The van der Waals surface area contributed by atoms with Crippen molar-refractivity contribution in [3.8, 4) is 11.8 Å². The van der Waals surface area contributed by atoms with Gasteiger partial charge in [0.15, 0.2) is 0 Å². The van der Waals surface area contributed by atoms with Crippen molar-refractivity contribution in [1.29, 1.82) is 0 Å². The number of alkyl halides is 3. The zero-order chi connectivity index (χ0) is 26.7. The molecule has 4 rings (SSSR count). The lowest BCUT2D eigenvalue weighted by atomic mass is 10.0. The number of nitrogens with one attached hydrogen (secondary N) is 1. The number of amides is 1. The van der Waals surface area contributed by atoms with Crippen LogP contribution in [0.25, 0.3) is 0 Å². The average molecular weight is 513 g/mol. The van der Waals surface area contributed by atoms with E-state index in [0.717, 1.165) is 12.1 Å². The molecule has 10 heteroatoms. The van der Waals surface area contributed by atoms with Crippen molar-refractivity contribution in [2.75, 3.05) is 11.9 Å². The van der Waals surface area contributed by atoms with Crippen molar-refractivity contribution in [2.45, 2.75) is 45.6 Å². The highest BCUT2D eigenvalue weighted by atomic mass is 19.4. The Labute approximate surface area is 210 Å². The molecule has 0 aliphatic carbocycles. The number of nitrogens with zero attached hydrogens (tertiary/aromatic N) is 3. The topological polar surface area (TPSA) is 67.2 Å². The lowest BCUT2D eigenvalue weighted by Gasteiger charge is -2.29. The number of anilines is 1. The van der Waals surface area contributed by atoms with Crippen molar-refractivity contribution in [1.82, 2.24) is 14.5 Å². The molecule has 1 aromatic heterocycles. The number of rotatable bonds is 5. The maximum Gasteiger partial charge on any atom is 0.416 e. The molecule has 192 valence electrons. The van der Waals surface area contributed by atoms with Crippen LogP contribution in [-0.4, -0.2) is 26.9 Å². The molecule has 0 spiro atoms. The van der Waals surface area contributed by atoms with Crippen LogP contribution in [-0.2, 0) is 25.7 Å². The summed E-state index contributed by atoms with van der Waals surface area (Å²) in [5, 5.41) is 3.14. The summed E-state index contributed by atoms with van der Waals surface area (Å²) in [5.74, 6) is 5.07. The second-order valence-corrected chi connectivity index (χ2v) is 8.65. The van der Waals surface area contributed by atoms with Crippen LogP contribution in [0.2, 0.25) is 0 Å². The molecule has 1 N–H and O–H groups in total. The lowest BCUT2D eigenvalue weighted by molar-refractivity contribution is -0.137. The van der Waals surface area contributed by atoms with E-state index < -0.39 is 23.6 Å². The van der Waals surface area contributed by atoms with Gasteiger partial charge in [0.25, 0.3) is 11.5 Å². The normalized spacial score (nSPS) is 13.8. The van der Waals surface area contributed by atoms with Crippen molar-refractivity contribution in [3.05, 3.63) is 92.6 Å². The second-order valence-electron chi connectivity index (χ2n) is 8.65. The average Bonchev–Trinajstić information content (AvgIpc) is 2.88. The highest BCUT2D eigenvalue weighted by Gasteiger charge is 2.30. The molecule has 1 aliphatic rings. The van der Waals surface area contributed by atoms with E-state index in [-0.39, 0.29) is 30.5 Å². The molecule has 2 heterocycles. The maximum atomic E-state index is 13.5. The summed E-state index contributed by atoms with van der Waals surface area (Å²) in [6.07, 6.45) is -4.10. The van der Waals surface area contributed by atoms with Crippen LogP contribution in [0.15, 0.2) is 53.3 Å². The molecule has 0 bridgehead atoms. The number of benzene rings is 2. The van der Waals surface area contributed by atoms with E-state index in [4.69, 9.17) is 0 Å². The largest absolute Gasteiger partial charge is 0.416 e. The van der Waals surface area contributed by atoms with Crippen molar-refractivity contribution in [3.63, 3.8) is 0 Å². The Morgan fingerprint density at radius 3 is 2.43 bits per heavy atom. The van der Waals surface area contributed by atoms with Crippen LogP contribution in [0.5, 0.6) is 0 Å². The van der Waals surface area contributed by atoms with Crippen LogP contribution in [0, 0.1) is 17.7 Å². The number of carbonyl (C=O) groups is 1. The molecule has 1 amide bonds. The third-order valence-corrected chi connectivity index (χ3v) is 6.19. The molecule has 0 saturated heterocycles. The Morgan fingerprint density at radius 1 is 1.14 bits per heavy atom. The summed E-state index contributed by atoms with van der Waals surface area (Å²) in [6.45, 7) is 3.81. The van der Waals surface area contributed by atoms with E-state index in [0.29, 0.717) is 35.3 Å². The Bertz CT molecular complexity index is 1420. The fourth-order valence-electron chi connectivity index (χ4n) is 4.12. The monoisotopic (exact) mass is 512 g/mol. The molecule has 37 heavy (non-hydrogen) atoms. The molecule has 6 nitrogen and oxygen atoms in total. The van der Waals surface area contributed by atoms with Crippen molar-refractivity contribution < 1.29 is 22.4 Å². The molecule has 0 radical (unpaired) electrons. The quantitative estimate of drug-likeness (QED) is 0.394. The van der Waals surface area contributed by atoms with Gasteiger partial charge in [0.05, 0.1) is 36.0 Å². The minimum atomic E-state index is -4.43. The lowest BCUT2D eigenvalue weighted by Crippen LogP contribution is -2.41. The van der Waals surface area contributed by atoms with Gasteiger partial charge in [-0.25, -0.2) is 9.37 Å². The van der Waals surface area contributed by atoms with Gasteiger partial charge >= 0.3 is 6.18 Å². The summed E-state index contributed by atoms with van der Waals surface area (Å²) in [7, 11) is 0. The van der Waals surface area contributed by atoms with Crippen LogP contribution in [0.4, 0.5) is 23.5 Å². The van der Waals surface area contributed by atoms with Crippen LogP contribution in [0.1, 0.15) is 52.6 Å². The Balaban J connectivity index is 1.62. The third-order valence-electron chi connectivity index (χ3n) is 6.19. The van der Waals surface area contributed by atoms with Gasteiger partial charge in [-0.1, -0.05) is 18.1 Å². The highest BCUT2D eigenvalue weighted by Crippen LogP contribution is 2.30. The zero-order valence-electron chi connectivity index (χ0n) is 20.2. The van der Waals surface area contributed by atoms with E-state index in [1.54, 1.807) is 13.8 Å². The van der Waals surface area contributed by atoms with Gasteiger partial charge in [-0.15, -0.1) is 5.92 Å². The summed E-state index contributed by atoms with van der Waals surface area (Å²) in [6, 6.07) is 9.54. The fraction of sp³-hybridized carbons (Fsp3) is 0.296. The fourth-order valence-corrected chi connectivity index (χ4v) is 4.12. The number of aromatic nitrogens is 2. The summed E-state index contributed by atoms with van der Waals surface area (Å²) in [4.78, 5) is 32.5. The highest BCUT2D eigenvalue weighted by molar-refractivity contribution is 5.94. The zero-order valence-corrected chi connectivity index (χ0v) is 20.2. The minimum absolute atomic E-state index is 0.0452. The molecule has 1 atom stereocenters. The number of halogens is 4. The summed E-state index contributed by atoms with van der Waals surface area (Å²) in [5.41, 5.74) is 0.711. The number of hydrogen-bond donors (Lipinski definition) is 1. The number of carbonyl (C=O) groups excluding carboxylic acids is 1. The van der Waals surface area contributed by atoms with E-state index in [1.165, 1.54) is 45.9 Å². The SMILES string of the molecule is CC#CCn1c(N[C@@H](C)c2ccc(C(F)(F)F)cc2)nc2c(c1=O)CN(C(=O)c1ccc(F)cc1)CC2. The van der Waals surface area contributed by atoms with E-state index >= 15 is 0 Å². The molecule has 0 saturated carbocycles.